The summed E-state index contributed by atoms with van der Waals surface area (Å²) >= 11 is 0. The second-order valence-corrected chi connectivity index (χ2v) is 5.17. The van der Waals surface area contributed by atoms with E-state index in [2.05, 4.69) is 6.92 Å². The van der Waals surface area contributed by atoms with E-state index in [0.29, 0.717) is 32.7 Å². The van der Waals surface area contributed by atoms with Gasteiger partial charge in [0, 0.05) is 38.7 Å². The van der Waals surface area contributed by atoms with Crippen LogP contribution in [0.3, 0.4) is 0 Å². The number of hydrogen-bond donors (Lipinski definition) is 1. The summed E-state index contributed by atoms with van der Waals surface area (Å²) in [4.78, 5) is 0. The van der Waals surface area contributed by atoms with Gasteiger partial charge in [0.15, 0.2) is 0 Å². The Morgan fingerprint density at radius 2 is 2.00 bits per heavy atom. The lowest BCUT2D eigenvalue weighted by Gasteiger charge is -2.40. The molecular formula is C16H24O4. The van der Waals surface area contributed by atoms with Crippen molar-refractivity contribution in [3.05, 3.63) is 29.8 Å². The Hall–Kier alpha value is -1.10. The number of benzene rings is 1. The van der Waals surface area contributed by atoms with Crippen LogP contribution in [0.5, 0.6) is 5.75 Å². The highest BCUT2D eigenvalue weighted by Gasteiger charge is 2.41. The van der Waals surface area contributed by atoms with Crippen molar-refractivity contribution in [1.82, 2.24) is 0 Å². The lowest BCUT2D eigenvalue weighted by molar-refractivity contribution is -0.154. The zero-order valence-electron chi connectivity index (χ0n) is 12.3. The van der Waals surface area contributed by atoms with Gasteiger partial charge < -0.3 is 19.3 Å². The van der Waals surface area contributed by atoms with Gasteiger partial charge in [0.05, 0.1) is 6.61 Å². The monoisotopic (exact) mass is 280 g/mol. The van der Waals surface area contributed by atoms with Gasteiger partial charge >= 0.3 is 0 Å². The van der Waals surface area contributed by atoms with Crippen LogP contribution < -0.4 is 4.74 Å². The first-order valence-electron chi connectivity index (χ1n) is 7.26. The summed E-state index contributed by atoms with van der Waals surface area (Å²) in [6.45, 7) is 3.94. The molecule has 2 rings (SSSR count). The third kappa shape index (κ3) is 3.14. The second kappa shape index (κ2) is 7.07. The van der Waals surface area contributed by atoms with Gasteiger partial charge in [0.1, 0.15) is 17.5 Å². The normalized spacial score (nSPS) is 19.6. The van der Waals surface area contributed by atoms with Crippen molar-refractivity contribution in [2.75, 3.05) is 26.9 Å². The number of methoxy groups -OCH3 is 1. The van der Waals surface area contributed by atoms with Gasteiger partial charge in [-0.3, -0.25) is 0 Å². The molecule has 0 aromatic heterocycles. The topological polar surface area (TPSA) is 47.9 Å². The molecule has 0 saturated carbocycles. The van der Waals surface area contributed by atoms with E-state index in [1.807, 2.05) is 24.3 Å². The fourth-order valence-electron chi connectivity index (χ4n) is 2.64. The summed E-state index contributed by atoms with van der Waals surface area (Å²) in [5, 5.41) is 10.8. The van der Waals surface area contributed by atoms with E-state index in [0.717, 1.165) is 17.7 Å². The molecule has 4 heteroatoms. The number of aliphatic hydroxyl groups is 1. The van der Waals surface area contributed by atoms with Crippen LogP contribution in [0.1, 0.15) is 37.9 Å². The molecule has 1 saturated heterocycles. The first-order valence-corrected chi connectivity index (χ1v) is 7.26. The third-order valence-electron chi connectivity index (χ3n) is 3.92. The molecule has 1 unspecified atom stereocenters. The van der Waals surface area contributed by atoms with Crippen LogP contribution in [0, 0.1) is 0 Å². The Labute approximate surface area is 120 Å². The first kappa shape index (κ1) is 15.3. The van der Waals surface area contributed by atoms with E-state index in [4.69, 9.17) is 14.2 Å². The van der Waals surface area contributed by atoms with Crippen LogP contribution in [0.2, 0.25) is 0 Å². The van der Waals surface area contributed by atoms with Crippen molar-refractivity contribution in [2.24, 2.45) is 0 Å². The third-order valence-corrected chi connectivity index (χ3v) is 3.92. The molecule has 1 aliphatic rings. The maximum Gasteiger partial charge on any atom is 0.125 e. The van der Waals surface area contributed by atoms with Crippen LogP contribution in [-0.4, -0.2) is 37.6 Å². The van der Waals surface area contributed by atoms with Gasteiger partial charge in [0.2, 0.25) is 0 Å². The highest BCUT2D eigenvalue weighted by molar-refractivity contribution is 5.36. The van der Waals surface area contributed by atoms with E-state index < -0.39 is 11.7 Å². The van der Waals surface area contributed by atoms with E-state index in [9.17, 15) is 5.11 Å². The Kier molecular flexibility index (Phi) is 5.40. The fraction of sp³-hybridized carbons (Fsp3) is 0.625. The lowest BCUT2D eigenvalue weighted by atomic mass is 9.84. The maximum atomic E-state index is 10.8. The molecule has 0 spiro atoms. The molecule has 1 heterocycles. The van der Waals surface area contributed by atoms with E-state index in [1.165, 1.54) is 0 Å². The quantitative estimate of drug-likeness (QED) is 0.870. The van der Waals surface area contributed by atoms with Gasteiger partial charge in [-0.2, -0.15) is 0 Å². The Morgan fingerprint density at radius 3 is 2.65 bits per heavy atom. The van der Waals surface area contributed by atoms with E-state index in [-0.39, 0.29) is 0 Å². The standard InChI is InChI=1S/C16H24O4/c1-3-10-20-14-7-5-4-6-13(14)15(17)16(18-2)8-11-19-12-9-16/h4-7,15,17H,3,8-12H2,1-2H3. The fourth-order valence-corrected chi connectivity index (χ4v) is 2.64. The second-order valence-electron chi connectivity index (χ2n) is 5.17. The smallest absolute Gasteiger partial charge is 0.125 e. The van der Waals surface area contributed by atoms with Crippen molar-refractivity contribution in [3.63, 3.8) is 0 Å². The molecule has 1 N–H and O–H groups in total. The minimum absolute atomic E-state index is 0.579. The predicted molar refractivity (Wildman–Crippen MR) is 77.0 cm³/mol. The molecule has 4 nitrogen and oxygen atoms in total. The van der Waals surface area contributed by atoms with Crippen LogP contribution in [-0.2, 0) is 9.47 Å². The number of aliphatic hydroxyl groups excluding tert-OH is 1. The Balaban J connectivity index is 2.24. The van der Waals surface area contributed by atoms with Gasteiger partial charge in [-0.1, -0.05) is 25.1 Å². The molecule has 1 aromatic carbocycles. The average molecular weight is 280 g/mol. The summed E-state index contributed by atoms with van der Waals surface area (Å²) < 4.78 is 16.8. The molecule has 1 aliphatic heterocycles. The first-order chi connectivity index (χ1) is 9.73. The summed E-state index contributed by atoms with van der Waals surface area (Å²) in [6.07, 6.45) is 1.61. The van der Waals surface area contributed by atoms with Gasteiger partial charge in [-0.15, -0.1) is 0 Å². The molecule has 0 aliphatic carbocycles. The molecule has 112 valence electrons. The molecule has 0 radical (unpaired) electrons. The van der Waals surface area contributed by atoms with Gasteiger partial charge in [0.25, 0.3) is 0 Å². The molecule has 1 fully saturated rings. The van der Waals surface area contributed by atoms with Crippen molar-refractivity contribution < 1.29 is 19.3 Å². The number of hydrogen-bond acceptors (Lipinski definition) is 4. The highest BCUT2D eigenvalue weighted by atomic mass is 16.5. The Morgan fingerprint density at radius 1 is 1.30 bits per heavy atom. The zero-order chi connectivity index (χ0) is 14.4. The van der Waals surface area contributed by atoms with Crippen molar-refractivity contribution in [3.8, 4) is 5.75 Å². The summed E-state index contributed by atoms with van der Waals surface area (Å²) in [5.41, 5.74) is 0.217. The minimum atomic E-state index is -0.704. The van der Waals surface area contributed by atoms with E-state index in [1.54, 1.807) is 7.11 Å². The number of rotatable bonds is 6. The highest BCUT2D eigenvalue weighted by Crippen LogP contribution is 2.40. The van der Waals surface area contributed by atoms with Crippen LogP contribution in [0.25, 0.3) is 0 Å². The number of para-hydroxylation sites is 1. The minimum Gasteiger partial charge on any atom is -0.493 e. The summed E-state index contributed by atoms with van der Waals surface area (Å²) in [6, 6.07) is 7.65. The molecule has 1 atom stereocenters. The zero-order valence-corrected chi connectivity index (χ0v) is 12.3. The van der Waals surface area contributed by atoms with E-state index >= 15 is 0 Å². The largest absolute Gasteiger partial charge is 0.493 e. The van der Waals surface area contributed by atoms with Crippen molar-refractivity contribution >= 4 is 0 Å². The number of ether oxygens (including phenoxy) is 3. The molecule has 0 bridgehead atoms. The van der Waals surface area contributed by atoms with Crippen molar-refractivity contribution in [2.45, 2.75) is 37.9 Å². The summed E-state index contributed by atoms with van der Waals surface area (Å²) in [7, 11) is 1.66. The maximum absolute atomic E-state index is 10.8. The van der Waals surface area contributed by atoms with Gasteiger partial charge in [-0.25, -0.2) is 0 Å². The van der Waals surface area contributed by atoms with Crippen LogP contribution >= 0.6 is 0 Å². The lowest BCUT2D eigenvalue weighted by Crippen LogP contribution is -2.43. The average Bonchev–Trinajstić information content (AvgIpc) is 2.53. The molecule has 1 aromatic rings. The van der Waals surface area contributed by atoms with Gasteiger partial charge in [-0.05, 0) is 12.5 Å². The van der Waals surface area contributed by atoms with Crippen LogP contribution in [0.4, 0.5) is 0 Å². The Bertz CT molecular complexity index is 413. The van der Waals surface area contributed by atoms with Crippen LogP contribution in [0.15, 0.2) is 24.3 Å². The summed E-state index contributed by atoms with van der Waals surface area (Å²) in [5.74, 6) is 0.741. The molecule has 20 heavy (non-hydrogen) atoms. The SMILES string of the molecule is CCCOc1ccccc1C(O)C1(OC)CCOCC1. The predicted octanol–water partition coefficient (Wildman–Crippen LogP) is 2.70. The molecular weight excluding hydrogens is 256 g/mol. The van der Waals surface area contributed by atoms with Crippen molar-refractivity contribution in [1.29, 1.82) is 0 Å². The molecule has 0 amide bonds.